The summed E-state index contributed by atoms with van der Waals surface area (Å²) < 4.78 is 5.36. The second-order valence-corrected chi connectivity index (χ2v) is 5.27. The van der Waals surface area contributed by atoms with Gasteiger partial charge in [0, 0.05) is 11.1 Å². The first-order valence-electron chi connectivity index (χ1n) is 7.88. The molecule has 7 nitrogen and oxygen atoms in total. The van der Waals surface area contributed by atoms with Crippen molar-refractivity contribution >= 4 is 28.2 Å². The van der Waals surface area contributed by atoms with Crippen molar-refractivity contribution in [2.45, 2.75) is 6.92 Å². The van der Waals surface area contributed by atoms with Crippen LogP contribution in [0.3, 0.4) is 0 Å². The number of H-pyrrole nitrogens is 1. The third-order valence-corrected chi connectivity index (χ3v) is 3.53. The molecule has 128 valence electrons. The smallest absolute Gasteiger partial charge is 0.283 e. The molecule has 0 aliphatic rings. The third-order valence-electron chi connectivity index (χ3n) is 3.53. The number of anilines is 1. The molecule has 1 amide bonds. The van der Waals surface area contributed by atoms with Crippen molar-refractivity contribution in [2.75, 3.05) is 18.5 Å². The number of aromatic nitrogens is 1. The van der Waals surface area contributed by atoms with E-state index in [-0.39, 0.29) is 18.1 Å². The molecule has 0 aliphatic heterocycles. The first-order valence-corrected chi connectivity index (χ1v) is 7.88. The first kappa shape index (κ1) is 16.5. The molecular weight excluding hydrogens is 320 g/mol. The van der Waals surface area contributed by atoms with Crippen molar-refractivity contribution in [2.24, 2.45) is 10.2 Å². The van der Waals surface area contributed by atoms with Crippen LogP contribution in [0.2, 0.25) is 0 Å². The number of para-hydroxylation sites is 1. The van der Waals surface area contributed by atoms with E-state index >= 15 is 0 Å². The standard InChI is InChI=1S/C18H18N4O3/c1-2-25-13-9-7-12(8-10-13)19-11-16(23)21-22-17-14-5-3-4-6-15(14)20-18(17)24/h3-10,19-20,24H,2,11H2,1H3. The Kier molecular flexibility index (Phi) is 4.94. The number of carbonyl (C=O) groups is 1. The van der Waals surface area contributed by atoms with Crippen LogP contribution in [0.4, 0.5) is 11.4 Å². The molecule has 0 atom stereocenters. The summed E-state index contributed by atoms with van der Waals surface area (Å²) in [6, 6.07) is 14.5. The molecule has 0 spiro atoms. The Balaban J connectivity index is 1.62. The highest BCUT2D eigenvalue weighted by molar-refractivity contribution is 5.94. The average molecular weight is 338 g/mol. The number of aromatic amines is 1. The zero-order chi connectivity index (χ0) is 17.6. The minimum absolute atomic E-state index is 0.000594. The molecule has 2 aromatic carbocycles. The molecule has 3 N–H and O–H groups in total. The fraction of sp³-hybridized carbons (Fsp3) is 0.167. The molecule has 0 aliphatic carbocycles. The second-order valence-electron chi connectivity index (χ2n) is 5.27. The fourth-order valence-electron chi connectivity index (χ4n) is 2.37. The van der Waals surface area contributed by atoms with E-state index in [9.17, 15) is 9.90 Å². The van der Waals surface area contributed by atoms with Gasteiger partial charge in [-0.05, 0) is 37.3 Å². The van der Waals surface area contributed by atoms with Gasteiger partial charge in [-0.25, -0.2) is 0 Å². The maximum absolute atomic E-state index is 11.9. The molecule has 3 aromatic rings. The predicted molar refractivity (Wildman–Crippen MR) is 95.6 cm³/mol. The van der Waals surface area contributed by atoms with Crippen LogP contribution in [0, 0.1) is 0 Å². The second kappa shape index (κ2) is 7.48. The number of nitrogens with one attached hydrogen (secondary N) is 2. The average Bonchev–Trinajstić information content (AvgIpc) is 2.95. The van der Waals surface area contributed by atoms with Crippen LogP contribution in [0.15, 0.2) is 58.8 Å². The number of amides is 1. The molecule has 3 rings (SSSR count). The van der Waals surface area contributed by atoms with E-state index in [0.29, 0.717) is 12.0 Å². The summed E-state index contributed by atoms with van der Waals surface area (Å²) in [5.41, 5.74) is 1.76. The summed E-state index contributed by atoms with van der Waals surface area (Å²) in [6.07, 6.45) is 0. The molecular formula is C18H18N4O3. The van der Waals surface area contributed by atoms with Gasteiger partial charge in [0.05, 0.1) is 18.7 Å². The van der Waals surface area contributed by atoms with E-state index in [0.717, 1.165) is 17.0 Å². The van der Waals surface area contributed by atoms with Gasteiger partial charge in [-0.2, -0.15) is 0 Å². The number of hydrogen-bond donors (Lipinski definition) is 3. The lowest BCUT2D eigenvalue weighted by atomic mass is 10.2. The number of aromatic hydroxyl groups is 1. The van der Waals surface area contributed by atoms with Gasteiger partial charge in [0.2, 0.25) is 5.88 Å². The van der Waals surface area contributed by atoms with E-state index in [1.54, 1.807) is 6.07 Å². The van der Waals surface area contributed by atoms with Crippen molar-refractivity contribution in [3.63, 3.8) is 0 Å². The molecule has 7 heteroatoms. The topological polar surface area (TPSA) is 99.1 Å². The summed E-state index contributed by atoms with van der Waals surface area (Å²) in [6.45, 7) is 2.52. The number of ether oxygens (including phenoxy) is 1. The van der Waals surface area contributed by atoms with Crippen molar-refractivity contribution in [1.82, 2.24) is 4.98 Å². The maximum Gasteiger partial charge on any atom is 0.283 e. The van der Waals surface area contributed by atoms with Crippen molar-refractivity contribution in [3.8, 4) is 11.6 Å². The van der Waals surface area contributed by atoms with Crippen molar-refractivity contribution in [3.05, 3.63) is 48.5 Å². The lowest BCUT2D eigenvalue weighted by Crippen LogP contribution is -2.10. The van der Waals surface area contributed by atoms with Gasteiger partial charge in [0.15, 0.2) is 5.69 Å². The Morgan fingerprint density at radius 2 is 1.96 bits per heavy atom. The van der Waals surface area contributed by atoms with Crippen molar-refractivity contribution < 1.29 is 14.6 Å². The molecule has 0 bridgehead atoms. The Hall–Kier alpha value is -3.35. The SMILES string of the molecule is CCOc1ccc(NCC(=O)N=Nc2c(O)[nH]c3ccccc23)cc1. The predicted octanol–water partition coefficient (Wildman–Crippen LogP) is 3.99. The number of hydrogen-bond acceptors (Lipinski definition) is 5. The Morgan fingerprint density at radius 1 is 1.20 bits per heavy atom. The van der Waals surface area contributed by atoms with E-state index in [1.165, 1.54) is 0 Å². The minimum Gasteiger partial charge on any atom is -0.494 e. The van der Waals surface area contributed by atoms with Gasteiger partial charge in [-0.3, -0.25) is 4.79 Å². The first-order chi connectivity index (χ1) is 12.2. The molecule has 1 heterocycles. The Bertz CT molecular complexity index is 900. The van der Waals surface area contributed by atoms with Crippen LogP contribution in [-0.4, -0.2) is 29.1 Å². The van der Waals surface area contributed by atoms with E-state index in [1.807, 2.05) is 49.4 Å². The van der Waals surface area contributed by atoms with Gasteiger partial charge in [-0.1, -0.05) is 18.2 Å². The Morgan fingerprint density at radius 3 is 2.72 bits per heavy atom. The number of nitrogens with zero attached hydrogens (tertiary/aromatic N) is 2. The lowest BCUT2D eigenvalue weighted by molar-refractivity contribution is -0.116. The fourth-order valence-corrected chi connectivity index (χ4v) is 2.37. The van der Waals surface area contributed by atoms with Crippen LogP contribution < -0.4 is 10.1 Å². The van der Waals surface area contributed by atoms with Gasteiger partial charge in [0.1, 0.15) is 5.75 Å². The van der Waals surface area contributed by atoms with Gasteiger partial charge in [-0.15, -0.1) is 10.2 Å². The number of rotatable bonds is 6. The molecule has 0 unspecified atom stereocenters. The number of azo groups is 1. The maximum atomic E-state index is 11.9. The molecule has 1 aromatic heterocycles. The summed E-state index contributed by atoms with van der Waals surface area (Å²) in [4.78, 5) is 14.7. The molecule has 0 radical (unpaired) electrons. The third kappa shape index (κ3) is 3.95. The largest absolute Gasteiger partial charge is 0.494 e. The molecule has 0 fully saturated rings. The highest BCUT2D eigenvalue weighted by atomic mass is 16.5. The van der Waals surface area contributed by atoms with Gasteiger partial charge < -0.3 is 20.1 Å². The molecule has 0 saturated heterocycles. The summed E-state index contributed by atoms with van der Waals surface area (Å²) in [5.74, 6) is 0.213. The molecule has 25 heavy (non-hydrogen) atoms. The molecule has 0 saturated carbocycles. The number of fused-ring (bicyclic) bond motifs is 1. The van der Waals surface area contributed by atoms with Crippen molar-refractivity contribution in [1.29, 1.82) is 0 Å². The van der Waals surface area contributed by atoms with Crippen LogP contribution >= 0.6 is 0 Å². The minimum atomic E-state index is -0.446. The van der Waals surface area contributed by atoms with Gasteiger partial charge >= 0.3 is 0 Å². The monoisotopic (exact) mass is 338 g/mol. The van der Waals surface area contributed by atoms with E-state index in [4.69, 9.17) is 4.74 Å². The highest BCUT2D eigenvalue weighted by Crippen LogP contribution is 2.35. The van der Waals surface area contributed by atoms with Crippen LogP contribution in [0.25, 0.3) is 10.9 Å². The summed E-state index contributed by atoms with van der Waals surface area (Å²) in [7, 11) is 0. The highest BCUT2D eigenvalue weighted by Gasteiger charge is 2.10. The van der Waals surface area contributed by atoms with E-state index in [2.05, 4.69) is 20.5 Å². The summed E-state index contributed by atoms with van der Waals surface area (Å²) in [5, 5.41) is 21.1. The van der Waals surface area contributed by atoms with Crippen LogP contribution in [0.5, 0.6) is 11.6 Å². The number of carbonyl (C=O) groups excluding carboxylic acids is 1. The normalized spacial score (nSPS) is 11.1. The lowest BCUT2D eigenvalue weighted by Gasteiger charge is -2.05. The van der Waals surface area contributed by atoms with Gasteiger partial charge in [0.25, 0.3) is 5.91 Å². The van der Waals surface area contributed by atoms with E-state index < -0.39 is 5.91 Å². The summed E-state index contributed by atoms with van der Waals surface area (Å²) >= 11 is 0. The zero-order valence-corrected chi connectivity index (χ0v) is 13.7. The zero-order valence-electron chi connectivity index (χ0n) is 13.7. The van der Waals surface area contributed by atoms with Crippen LogP contribution in [0.1, 0.15) is 6.92 Å². The van der Waals surface area contributed by atoms with Crippen LogP contribution in [-0.2, 0) is 4.79 Å². The quantitative estimate of drug-likeness (QED) is 0.592. The Labute approximate surface area is 144 Å². The number of benzene rings is 2.